The van der Waals surface area contributed by atoms with Crippen molar-refractivity contribution >= 4 is 6.47 Å². The van der Waals surface area contributed by atoms with E-state index in [1.54, 1.807) is 6.07 Å². The second-order valence-corrected chi connectivity index (χ2v) is 6.18. The van der Waals surface area contributed by atoms with Gasteiger partial charge in [-0.25, -0.2) is 0 Å². The Hall–Kier alpha value is -1.39. The van der Waals surface area contributed by atoms with Gasteiger partial charge in [0.05, 0.1) is 0 Å². The largest absolute Gasteiger partial charge is 0.665 e. The summed E-state index contributed by atoms with van der Waals surface area (Å²) in [5.41, 5.74) is 4.63. The Morgan fingerprint density at radius 2 is 1.96 bits per heavy atom. The molecule has 0 spiro atoms. The number of fused-ring (bicyclic) bond motifs is 1. The first-order valence-electron chi connectivity index (χ1n) is 8.03. The average molecular weight is 415 g/mol. The van der Waals surface area contributed by atoms with E-state index in [1.807, 2.05) is 18.2 Å². The van der Waals surface area contributed by atoms with Crippen LogP contribution in [0.3, 0.4) is 0 Å². The topological polar surface area (TPSA) is 66.8 Å². The summed E-state index contributed by atoms with van der Waals surface area (Å²) in [7, 11) is 0. The van der Waals surface area contributed by atoms with Gasteiger partial charge in [0, 0.05) is 44.0 Å². The molecule has 1 radical (unpaired) electrons. The zero-order chi connectivity index (χ0) is 17.7. The van der Waals surface area contributed by atoms with Crippen molar-refractivity contribution in [2.75, 3.05) is 0 Å². The molecule has 5 heteroatoms. The molecule has 2 N–H and O–H groups in total. The summed E-state index contributed by atoms with van der Waals surface area (Å²) >= 11 is 0. The molecule has 131 valence electrons. The third kappa shape index (κ3) is 5.29. The Morgan fingerprint density at radius 1 is 1.28 bits per heavy atom. The molecule has 0 fully saturated rings. The van der Waals surface area contributed by atoms with E-state index in [-0.39, 0.29) is 38.6 Å². The van der Waals surface area contributed by atoms with Gasteiger partial charge in [-0.2, -0.15) is 17.7 Å². The number of benzene rings is 2. The van der Waals surface area contributed by atoms with Crippen molar-refractivity contribution in [3.8, 4) is 17.2 Å². The van der Waals surface area contributed by atoms with Crippen LogP contribution < -0.4 is 4.74 Å². The van der Waals surface area contributed by atoms with Gasteiger partial charge in [-0.15, -0.1) is 11.1 Å². The summed E-state index contributed by atoms with van der Waals surface area (Å²) in [6.07, 6.45) is 3.34. The third-order valence-corrected chi connectivity index (χ3v) is 4.15. The van der Waals surface area contributed by atoms with Crippen molar-refractivity contribution in [1.82, 2.24) is 0 Å². The molecule has 4 nitrogen and oxygen atoms in total. The van der Waals surface area contributed by atoms with Crippen molar-refractivity contribution in [3.63, 3.8) is 0 Å². The number of phenols is 1. The van der Waals surface area contributed by atoms with Crippen LogP contribution in [0.5, 0.6) is 17.2 Å². The van der Waals surface area contributed by atoms with E-state index in [2.05, 4.69) is 26.8 Å². The molecule has 0 heterocycles. The van der Waals surface area contributed by atoms with Gasteiger partial charge < -0.3 is 19.7 Å². The van der Waals surface area contributed by atoms with Crippen LogP contribution in [0.1, 0.15) is 48.4 Å². The number of aryl methyl sites for hydroxylation is 2. The minimum absolute atomic E-state index is 0. The predicted octanol–water partition coefficient (Wildman–Crippen LogP) is 4.51. The Balaban J connectivity index is 0.000000730. The molecule has 0 saturated heterocycles. The van der Waals surface area contributed by atoms with Gasteiger partial charge in [0.25, 0.3) is 0 Å². The molecule has 0 aromatic heterocycles. The van der Waals surface area contributed by atoms with Gasteiger partial charge in [0.15, 0.2) is 0 Å². The maximum Gasteiger partial charge on any atom is 0.124 e. The summed E-state index contributed by atoms with van der Waals surface area (Å²) in [5.74, 6) is 2.37. The van der Waals surface area contributed by atoms with E-state index in [1.165, 1.54) is 17.5 Å². The molecule has 1 aliphatic carbocycles. The number of hydrogen-bond acceptors (Lipinski definition) is 3. The maximum atomic E-state index is 9.92. The van der Waals surface area contributed by atoms with Crippen molar-refractivity contribution in [1.29, 1.82) is 0 Å². The van der Waals surface area contributed by atoms with E-state index in [0.717, 1.165) is 35.5 Å². The molecular weight excluding hydrogens is 393 g/mol. The summed E-state index contributed by atoms with van der Waals surface area (Å²) < 4.78 is 6.17. The van der Waals surface area contributed by atoms with Crippen molar-refractivity contribution in [2.24, 2.45) is 0 Å². The number of rotatable bonds is 3. The first-order chi connectivity index (χ1) is 11.5. The minimum atomic E-state index is 0. The summed E-state index contributed by atoms with van der Waals surface area (Å²) in [4.78, 5) is 8.24. The Bertz CT molecular complexity index is 726. The molecule has 0 atom stereocenters. The first kappa shape index (κ1) is 21.7. The summed E-state index contributed by atoms with van der Waals surface area (Å²) in [6.45, 7) is 6.70. The Kier molecular flexibility index (Phi) is 8.60. The molecular formula is C20H22O4Y-2. The van der Waals surface area contributed by atoms with Crippen LogP contribution in [-0.2, 0) is 50.3 Å². The normalized spacial score (nSPS) is 11.8. The van der Waals surface area contributed by atoms with Gasteiger partial charge in [0.2, 0.25) is 0 Å². The van der Waals surface area contributed by atoms with Crippen molar-refractivity contribution in [3.05, 3.63) is 52.6 Å². The van der Waals surface area contributed by atoms with Crippen LogP contribution in [0.15, 0.2) is 24.3 Å². The number of ether oxygens (including phenoxy) is 1. The van der Waals surface area contributed by atoms with Gasteiger partial charge in [-0.3, -0.25) is 0 Å². The van der Waals surface area contributed by atoms with E-state index in [9.17, 15) is 5.11 Å². The number of phenolic OH excluding ortho intramolecular Hbond substituents is 1. The van der Waals surface area contributed by atoms with Crippen LogP contribution in [0.2, 0.25) is 0 Å². The van der Waals surface area contributed by atoms with Gasteiger partial charge in [0.1, 0.15) is 11.5 Å². The third-order valence-electron chi connectivity index (χ3n) is 4.15. The van der Waals surface area contributed by atoms with Crippen LogP contribution in [-0.4, -0.2) is 16.7 Å². The average Bonchev–Trinajstić information content (AvgIpc) is 3.01. The quantitative estimate of drug-likeness (QED) is 0.724. The van der Waals surface area contributed by atoms with Gasteiger partial charge in [-0.05, 0) is 24.1 Å². The second kappa shape index (κ2) is 9.93. The fourth-order valence-corrected chi connectivity index (χ4v) is 2.97. The molecule has 0 bridgehead atoms. The summed E-state index contributed by atoms with van der Waals surface area (Å²) in [5, 5.41) is 16.7. The van der Waals surface area contributed by atoms with Gasteiger partial charge >= 0.3 is 0 Å². The molecule has 2 aromatic rings. The molecule has 0 saturated carbocycles. The molecule has 1 aliphatic rings. The van der Waals surface area contributed by atoms with E-state index in [0.29, 0.717) is 12.2 Å². The summed E-state index contributed by atoms with van der Waals surface area (Å²) in [6, 6.07) is 10.9. The van der Waals surface area contributed by atoms with Crippen LogP contribution >= 0.6 is 0 Å². The molecule has 2 aromatic carbocycles. The van der Waals surface area contributed by atoms with Crippen LogP contribution in [0.25, 0.3) is 0 Å². The minimum Gasteiger partial charge on any atom is -0.665 e. The first-order valence-corrected chi connectivity index (χ1v) is 8.03. The molecule has 25 heavy (non-hydrogen) atoms. The smallest absolute Gasteiger partial charge is 0.124 e. The monoisotopic (exact) mass is 415 g/mol. The Morgan fingerprint density at radius 3 is 2.60 bits per heavy atom. The number of aliphatic hydroxyl groups excluding tert-OH is 1. The van der Waals surface area contributed by atoms with Crippen LogP contribution in [0, 0.1) is 13.0 Å². The molecule has 0 aliphatic heterocycles. The Labute approximate surface area is 174 Å². The maximum absolute atomic E-state index is 9.92. The number of aromatic hydroxyl groups is 1. The zero-order valence-corrected chi connectivity index (χ0v) is 17.6. The fourth-order valence-electron chi connectivity index (χ4n) is 2.97. The molecule has 0 amide bonds. The predicted molar refractivity (Wildman–Crippen MR) is 92.6 cm³/mol. The van der Waals surface area contributed by atoms with Crippen molar-refractivity contribution in [2.45, 2.75) is 46.0 Å². The standard InChI is InChI=1S/C19H21O2.CHO2.Y/c1-12(2)17-11-15(9-10-18(17)20)21-19-13(3)7-8-14-5-4-6-16(14)19;2-1-3;/h7,9-12,20H,4-6H2,1-3H3;(H,2,3);/q2*-1;. The van der Waals surface area contributed by atoms with E-state index < -0.39 is 0 Å². The van der Waals surface area contributed by atoms with E-state index in [4.69, 9.17) is 14.6 Å². The van der Waals surface area contributed by atoms with E-state index >= 15 is 0 Å². The zero-order valence-electron chi connectivity index (χ0n) is 14.8. The second-order valence-electron chi connectivity index (χ2n) is 6.18. The van der Waals surface area contributed by atoms with Crippen LogP contribution in [0.4, 0.5) is 0 Å². The van der Waals surface area contributed by atoms with Crippen molar-refractivity contribution < 1.29 is 52.5 Å². The van der Waals surface area contributed by atoms with Gasteiger partial charge in [-0.1, -0.05) is 46.5 Å². The molecule has 3 rings (SSSR count). The fraction of sp³-hybridized carbons (Fsp3) is 0.350. The number of hydrogen-bond donors (Lipinski definition) is 2. The molecule has 0 unspecified atom stereocenters. The SMILES string of the molecule is Cc1c[c-]c2c(c1Oc1ccc(O)c(C(C)C)c1)CCC2.O=[C-]O.[Y].